The molecule has 0 atom stereocenters. The molecule has 0 bridgehead atoms. The third-order valence-corrected chi connectivity index (χ3v) is 2.81. The largest absolute Gasteiger partial charge is 0.378 e. The molecule has 1 aromatic rings. The molecule has 0 unspecified atom stereocenters. The zero-order chi connectivity index (χ0) is 14.5. The Morgan fingerprint density at radius 1 is 1.30 bits per heavy atom. The number of carbonyl (C=O) groups is 2. The third kappa shape index (κ3) is 3.29. The van der Waals surface area contributed by atoms with Crippen molar-refractivity contribution in [2.45, 2.75) is 0 Å². The topological polar surface area (TPSA) is 102 Å². The van der Waals surface area contributed by atoms with Crippen LogP contribution >= 0.6 is 0 Å². The Kier molecular flexibility index (Phi) is 4.26. The van der Waals surface area contributed by atoms with E-state index in [4.69, 9.17) is 4.74 Å². The number of ether oxygens (including phenoxy) is 1. The van der Waals surface area contributed by atoms with Crippen LogP contribution in [0.5, 0.6) is 0 Å². The van der Waals surface area contributed by atoms with E-state index in [-0.39, 0.29) is 11.4 Å². The van der Waals surface area contributed by atoms with Crippen LogP contribution in [-0.4, -0.2) is 47.9 Å². The number of carbonyl (C=O) groups excluding carboxylic acids is 2. The van der Waals surface area contributed by atoms with Crippen LogP contribution in [0.1, 0.15) is 0 Å². The first-order chi connectivity index (χ1) is 9.58. The van der Waals surface area contributed by atoms with Gasteiger partial charge in [0.1, 0.15) is 0 Å². The minimum Gasteiger partial charge on any atom is -0.378 e. The highest BCUT2D eigenvalue weighted by Crippen LogP contribution is 2.17. The van der Waals surface area contributed by atoms with Crippen LogP contribution in [0.15, 0.2) is 24.3 Å². The number of benzene rings is 1. The number of nitrogens with zero attached hydrogens (tertiary/aromatic N) is 2. The molecular weight excluding hydrogens is 266 g/mol. The first-order valence-corrected chi connectivity index (χ1v) is 6.00. The second-order valence-electron chi connectivity index (χ2n) is 4.17. The summed E-state index contributed by atoms with van der Waals surface area (Å²) in [6.07, 6.45) is 0. The SMILES string of the molecule is O=C(Nc1cccc([N+](=O)[O-])c1)C(=O)N1CCOCC1. The Morgan fingerprint density at radius 2 is 2.00 bits per heavy atom. The van der Waals surface area contributed by atoms with Crippen LogP contribution in [0.4, 0.5) is 11.4 Å². The number of morpholine rings is 1. The molecule has 2 rings (SSSR count). The van der Waals surface area contributed by atoms with Gasteiger partial charge in [-0.15, -0.1) is 0 Å². The number of nitro groups is 1. The highest BCUT2D eigenvalue weighted by molar-refractivity contribution is 6.39. The van der Waals surface area contributed by atoms with Crippen LogP contribution < -0.4 is 5.32 Å². The summed E-state index contributed by atoms with van der Waals surface area (Å²) in [5, 5.41) is 13.0. The molecule has 8 nitrogen and oxygen atoms in total. The Morgan fingerprint density at radius 3 is 2.65 bits per heavy atom. The minimum absolute atomic E-state index is 0.151. The predicted molar refractivity (Wildman–Crippen MR) is 69.1 cm³/mol. The zero-order valence-corrected chi connectivity index (χ0v) is 10.6. The highest BCUT2D eigenvalue weighted by atomic mass is 16.6. The lowest BCUT2D eigenvalue weighted by molar-refractivity contribution is -0.384. The molecule has 1 aliphatic heterocycles. The fraction of sp³-hybridized carbons (Fsp3) is 0.333. The van der Waals surface area contributed by atoms with E-state index >= 15 is 0 Å². The molecule has 1 N–H and O–H groups in total. The van der Waals surface area contributed by atoms with Crippen molar-refractivity contribution in [3.8, 4) is 0 Å². The molecular formula is C12H13N3O5. The summed E-state index contributed by atoms with van der Waals surface area (Å²) in [5.74, 6) is -1.48. The molecule has 1 aliphatic rings. The summed E-state index contributed by atoms with van der Waals surface area (Å²) in [4.78, 5) is 35.1. The summed E-state index contributed by atoms with van der Waals surface area (Å²) >= 11 is 0. The van der Waals surface area contributed by atoms with Gasteiger partial charge in [0.25, 0.3) is 5.69 Å². The van der Waals surface area contributed by atoms with Crippen LogP contribution in [0, 0.1) is 10.1 Å². The summed E-state index contributed by atoms with van der Waals surface area (Å²) < 4.78 is 5.09. The molecule has 0 radical (unpaired) electrons. The van der Waals surface area contributed by atoms with Gasteiger partial charge in [0.15, 0.2) is 0 Å². The van der Waals surface area contributed by atoms with Crippen LogP contribution in [0.2, 0.25) is 0 Å². The van der Waals surface area contributed by atoms with Gasteiger partial charge in [-0.3, -0.25) is 19.7 Å². The van der Waals surface area contributed by atoms with Gasteiger partial charge in [-0.25, -0.2) is 0 Å². The first kappa shape index (κ1) is 13.9. The Labute approximate surface area is 114 Å². The van der Waals surface area contributed by atoms with E-state index in [1.165, 1.54) is 29.2 Å². The summed E-state index contributed by atoms with van der Waals surface area (Å²) in [5.41, 5.74) is 0.0624. The molecule has 0 aromatic heterocycles. The van der Waals surface area contributed by atoms with Crippen molar-refractivity contribution < 1.29 is 19.2 Å². The molecule has 1 saturated heterocycles. The van der Waals surface area contributed by atoms with Crippen molar-refractivity contribution >= 4 is 23.2 Å². The van der Waals surface area contributed by atoms with Gasteiger partial charge in [-0.2, -0.15) is 0 Å². The number of anilines is 1. The minimum atomic E-state index is -0.813. The number of rotatable bonds is 2. The number of nitrogens with one attached hydrogen (secondary N) is 1. The van der Waals surface area contributed by atoms with Gasteiger partial charge >= 0.3 is 11.8 Å². The number of nitro benzene ring substituents is 1. The summed E-state index contributed by atoms with van der Waals surface area (Å²) in [6.45, 7) is 1.52. The quantitative estimate of drug-likeness (QED) is 0.479. The van der Waals surface area contributed by atoms with Crippen molar-refractivity contribution in [1.29, 1.82) is 0 Å². The predicted octanol–water partition coefficient (Wildman–Crippen LogP) is 0.392. The van der Waals surface area contributed by atoms with Crippen LogP contribution in [0.3, 0.4) is 0 Å². The Balaban J connectivity index is 2.01. The number of hydrogen-bond donors (Lipinski definition) is 1. The highest BCUT2D eigenvalue weighted by Gasteiger charge is 2.23. The lowest BCUT2D eigenvalue weighted by Crippen LogP contribution is -2.45. The molecule has 2 amide bonds. The normalized spacial score (nSPS) is 14.7. The van der Waals surface area contributed by atoms with Gasteiger partial charge in [-0.05, 0) is 6.07 Å². The summed E-state index contributed by atoms with van der Waals surface area (Å²) in [7, 11) is 0. The van der Waals surface area contributed by atoms with E-state index in [0.29, 0.717) is 26.3 Å². The van der Waals surface area contributed by atoms with E-state index < -0.39 is 16.7 Å². The molecule has 20 heavy (non-hydrogen) atoms. The molecule has 106 valence electrons. The van der Waals surface area contributed by atoms with Crippen molar-refractivity contribution in [3.63, 3.8) is 0 Å². The smallest absolute Gasteiger partial charge is 0.313 e. The molecule has 1 heterocycles. The Hall–Kier alpha value is -2.48. The van der Waals surface area contributed by atoms with E-state index in [2.05, 4.69) is 5.32 Å². The van der Waals surface area contributed by atoms with Gasteiger partial charge in [-0.1, -0.05) is 6.07 Å². The standard InChI is InChI=1S/C12H13N3O5/c16-11(12(17)14-4-6-20-7-5-14)13-9-2-1-3-10(8-9)15(18)19/h1-3,8H,4-7H2,(H,13,16). The van der Waals surface area contributed by atoms with E-state index in [1.807, 2.05) is 0 Å². The number of non-ortho nitro benzene ring substituents is 1. The maximum absolute atomic E-state index is 11.8. The second kappa shape index (κ2) is 6.11. The average molecular weight is 279 g/mol. The molecule has 1 fully saturated rings. The van der Waals surface area contributed by atoms with Crippen LogP contribution in [0.25, 0.3) is 0 Å². The maximum Gasteiger partial charge on any atom is 0.313 e. The molecule has 0 spiro atoms. The van der Waals surface area contributed by atoms with Crippen molar-refractivity contribution in [2.24, 2.45) is 0 Å². The van der Waals surface area contributed by atoms with Gasteiger partial charge in [0.2, 0.25) is 0 Å². The number of hydrogen-bond acceptors (Lipinski definition) is 5. The summed E-state index contributed by atoms with van der Waals surface area (Å²) in [6, 6.07) is 5.42. The van der Waals surface area contributed by atoms with Crippen molar-refractivity contribution in [1.82, 2.24) is 4.90 Å². The molecule has 0 aliphatic carbocycles. The lowest BCUT2D eigenvalue weighted by Gasteiger charge is -2.26. The molecule has 1 aromatic carbocycles. The van der Waals surface area contributed by atoms with Crippen molar-refractivity contribution in [2.75, 3.05) is 31.6 Å². The first-order valence-electron chi connectivity index (χ1n) is 6.00. The van der Waals surface area contributed by atoms with Gasteiger partial charge in [0.05, 0.1) is 18.1 Å². The average Bonchev–Trinajstić information content (AvgIpc) is 2.47. The fourth-order valence-electron chi connectivity index (χ4n) is 1.79. The monoisotopic (exact) mass is 279 g/mol. The fourth-order valence-corrected chi connectivity index (χ4v) is 1.79. The maximum atomic E-state index is 11.8. The van der Waals surface area contributed by atoms with Gasteiger partial charge in [0, 0.05) is 30.9 Å². The van der Waals surface area contributed by atoms with Crippen molar-refractivity contribution in [3.05, 3.63) is 34.4 Å². The van der Waals surface area contributed by atoms with E-state index in [9.17, 15) is 19.7 Å². The Bertz CT molecular complexity index is 540. The molecule has 8 heteroatoms. The zero-order valence-electron chi connectivity index (χ0n) is 10.6. The van der Waals surface area contributed by atoms with E-state index in [0.717, 1.165) is 0 Å². The lowest BCUT2D eigenvalue weighted by atomic mass is 10.2. The third-order valence-electron chi connectivity index (χ3n) is 2.81. The van der Waals surface area contributed by atoms with Crippen LogP contribution in [-0.2, 0) is 14.3 Å². The van der Waals surface area contributed by atoms with E-state index in [1.54, 1.807) is 0 Å². The second-order valence-corrected chi connectivity index (χ2v) is 4.17. The molecule has 0 saturated carbocycles. The number of amides is 2. The van der Waals surface area contributed by atoms with Gasteiger partial charge < -0.3 is 15.0 Å².